The molecule has 0 fully saturated rings. The van der Waals surface area contributed by atoms with Gasteiger partial charge in [0.05, 0.1) is 10.0 Å². The maximum absolute atomic E-state index is 6.00. The summed E-state index contributed by atoms with van der Waals surface area (Å²) >= 11 is 17.7. The maximum Gasteiger partial charge on any atom is 0.219 e. The average molecular weight is 304 g/mol. The fraction of sp³-hybridized carbons (Fsp3) is 0.0833. The normalized spacial score (nSPS) is 10.4. The Labute approximate surface area is 119 Å². The smallest absolute Gasteiger partial charge is 0.219 e. The second-order valence-electron chi connectivity index (χ2n) is 3.49. The van der Waals surface area contributed by atoms with Crippen LogP contribution in [0.5, 0.6) is 11.6 Å². The highest BCUT2D eigenvalue weighted by atomic mass is 35.5. The first-order valence-electron chi connectivity index (χ1n) is 5.07. The van der Waals surface area contributed by atoms with Crippen LogP contribution in [0.15, 0.2) is 30.5 Å². The first-order chi connectivity index (χ1) is 8.60. The monoisotopic (exact) mass is 302 g/mol. The van der Waals surface area contributed by atoms with E-state index >= 15 is 0 Å². The fourth-order valence-corrected chi connectivity index (χ4v) is 1.97. The van der Waals surface area contributed by atoms with E-state index in [-0.39, 0.29) is 0 Å². The lowest BCUT2D eigenvalue weighted by Gasteiger charge is -2.08. The lowest BCUT2D eigenvalue weighted by Crippen LogP contribution is -1.99. The Bertz CT molecular complexity index is 575. The zero-order chi connectivity index (χ0) is 13.1. The number of hydrogen-bond donors (Lipinski definition) is 1. The molecule has 0 amide bonds. The van der Waals surface area contributed by atoms with Crippen LogP contribution >= 0.6 is 34.8 Å². The molecule has 0 spiro atoms. The molecule has 0 bridgehead atoms. The zero-order valence-corrected chi connectivity index (χ0v) is 11.4. The SMILES string of the molecule is NCc1cc(Oc2ccc(Cl)cc2Cl)ncc1Cl. The predicted octanol–water partition coefficient (Wildman–Crippen LogP) is 4.29. The van der Waals surface area contributed by atoms with Crippen LogP contribution in [0.4, 0.5) is 0 Å². The van der Waals surface area contributed by atoms with Crippen LogP contribution < -0.4 is 10.5 Å². The third-order valence-corrected chi connectivity index (χ3v) is 3.11. The minimum absolute atomic E-state index is 0.312. The lowest BCUT2D eigenvalue weighted by atomic mass is 10.2. The van der Waals surface area contributed by atoms with Crippen LogP contribution in [0.25, 0.3) is 0 Å². The number of benzene rings is 1. The average Bonchev–Trinajstić information content (AvgIpc) is 2.35. The van der Waals surface area contributed by atoms with Crippen molar-refractivity contribution in [1.29, 1.82) is 0 Å². The van der Waals surface area contributed by atoms with Gasteiger partial charge in [0.25, 0.3) is 0 Å². The van der Waals surface area contributed by atoms with Gasteiger partial charge in [-0.15, -0.1) is 0 Å². The van der Waals surface area contributed by atoms with Gasteiger partial charge in [-0.05, 0) is 23.8 Å². The molecule has 2 rings (SSSR count). The van der Waals surface area contributed by atoms with Crippen LogP contribution in [0, 0.1) is 0 Å². The second kappa shape index (κ2) is 5.76. The van der Waals surface area contributed by atoms with E-state index in [1.54, 1.807) is 24.3 Å². The first-order valence-corrected chi connectivity index (χ1v) is 6.21. The Hall–Kier alpha value is -1.000. The van der Waals surface area contributed by atoms with Gasteiger partial charge in [0, 0.05) is 23.8 Å². The summed E-state index contributed by atoms with van der Waals surface area (Å²) in [6, 6.07) is 6.62. The molecule has 0 unspecified atom stereocenters. The molecule has 0 atom stereocenters. The molecule has 94 valence electrons. The molecule has 1 aromatic carbocycles. The van der Waals surface area contributed by atoms with Crippen LogP contribution in [0.1, 0.15) is 5.56 Å². The third kappa shape index (κ3) is 3.06. The Morgan fingerprint density at radius 3 is 2.56 bits per heavy atom. The quantitative estimate of drug-likeness (QED) is 0.920. The highest BCUT2D eigenvalue weighted by Crippen LogP contribution is 2.31. The van der Waals surface area contributed by atoms with E-state index in [9.17, 15) is 0 Å². The predicted molar refractivity (Wildman–Crippen MR) is 73.7 cm³/mol. The number of nitrogens with zero attached hydrogens (tertiary/aromatic N) is 1. The minimum atomic E-state index is 0.312. The summed E-state index contributed by atoms with van der Waals surface area (Å²) in [4.78, 5) is 4.04. The topological polar surface area (TPSA) is 48.1 Å². The summed E-state index contributed by atoms with van der Waals surface area (Å²) in [6.07, 6.45) is 1.49. The van der Waals surface area contributed by atoms with Crippen molar-refractivity contribution < 1.29 is 4.74 Å². The molecule has 0 radical (unpaired) electrons. The van der Waals surface area contributed by atoms with E-state index < -0.39 is 0 Å². The van der Waals surface area contributed by atoms with Gasteiger partial charge in [-0.2, -0.15) is 0 Å². The lowest BCUT2D eigenvalue weighted by molar-refractivity contribution is 0.462. The number of pyridine rings is 1. The molecule has 1 aromatic heterocycles. The molecule has 0 aliphatic rings. The van der Waals surface area contributed by atoms with Gasteiger partial charge in [-0.1, -0.05) is 34.8 Å². The van der Waals surface area contributed by atoms with Crippen molar-refractivity contribution >= 4 is 34.8 Å². The molecule has 0 aliphatic carbocycles. The Morgan fingerprint density at radius 1 is 1.11 bits per heavy atom. The summed E-state index contributed by atoms with van der Waals surface area (Å²) in [5.74, 6) is 0.850. The standard InChI is InChI=1S/C12H9Cl3N2O/c13-8-1-2-11(9(14)4-8)18-12-3-7(5-16)10(15)6-17-12/h1-4,6H,5,16H2. The summed E-state index contributed by atoms with van der Waals surface area (Å²) in [5.41, 5.74) is 6.31. The zero-order valence-electron chi connectivity index (χ0n) is 9.16. The first kappa shape index (κ1) is 13.4. The van der Waals surface area contributed by atoms with Crippen molar-refractivity contribution in [3.8, 4) is 11.6 Å². The number of aromatic nitrogens is 1. The molecular weight excluding hydrogens is 295 g/mol. The van der Waals surface area contributed by atoms with Crippen LogP contribution in [-0.4, -0.2) is 4.98 Å². The van der Waals surface area contributed by atoms with Crippen molar-refractivity contribution in [3.05, 3.63) is 51.1 Å². The van der Waals surface area contributed by atoms with E-state index in [1.807, 2.05) is 0 Å². The van der Waals surface area contributed by atoms with Crippen LogP contribution in [0.2, 0.25) is 15.1 Å². The molecular formula is C12H9Cl3N2O. The summed E-state index contributed by atoms with van der Waals surface area (Å²) < 4.78 is 5.55. The van der Waals surface area contributed by atoms with Gasteiger partial charge in [0.2, 0.25) is 5.88 Å². The van der Waals surface area contributed by atoms with Crippen molar-refractivity contribution in [1.82, 2.24) is 4.98 Å². The van der Waals surface area contributed by atoms with Crippen molar-refractivity contribution in [2.45, 2.75) is 6.54 Å². The number of rotatable bonds is 3. The molecule has 0 aliphatic heterocycles. The molecule has 2 N–H and O–H groups in total. The van der Waals surface area contributed by atoms with E-state index in [2.05, 4.69) is 4.98 Å². The Morgan fingerprint density at radius 2 is 1.89 bits per heavy atom. The van der Waals surface area contributed by atoms with E-state index in [0.717, 1.165) is 5.56 Å². The largest absolute Gasteiger partial charge is 0.437 e. The highest BCUT2D eigenvalue weighted by molar-refractivity contribution is 6.35. The molecule has 2 aromatic rings. The molecule has 6 heteroatoms. The molecule has 3 nitrogen and oxygen atoms in total. The molecule has 0 saturated heterocycles. The number of ether oxygens (including phenoxy) is 1. The summed E-state index contributed by atoms with van der Waals surface area (Å²) in [7, 11) is 0. The second-order valence-corrected chi connectivity index (χ2v) is 4.75. The molecule has 0 saturated carbocycles. The van der Waals surface area contributed by atoms with Crippen LogP contribution in [0.3, 0.4) is 0 Å². The summed E-state index contributed by atoms with van der Waals surface area (Å²) in [6.45, 7) is 0.312. The maximum atomic E-state index is 6.00. The van der Waals surface area contributed by atoms with Gasteiger partial charge < -0.3 is 10.5 Å². The van der Waals surface area contributed by atoms with Crippen molar-refractivity contribution in [2.24, 2.45) is 5.73 Å². The van der Waals surface area contributed by atoms with E-state index in [1.165, 1.54) is 6.20 Å². The Balaban J connectivity index is 2.28. The molecule has 18 heavy (non-hydrogen) atoms. The van der Waals surface area contributed by atoms with Gasteiger partial charge in [0.1, 0.15) is 5.75 Å². The van der Waals surface area contributed by atoms with Crippen LogP contribution in [-0.2, 0) is 6.54 Å². The number of hydrogen-bond acceptors (Lipinski definition) is 3. The van der Waals surface area contributed by atoms with Gasteiger partial charge >= 0.3 is 0 Å². The minimum Gasteiger partial charge on any atom is -0.437 e. The summed E-state index contributed by atoms with van der Waals surface area (Å²) in [5, 5.41) is 1.46. The third-order valence-electron chi connectivity index (χ3n) is 2.24. The fourth-order valence-electron chi connectivity index (χ4n) is 1.34. The van der Waals surface area contributed by atoms with Crippen molar-refractivity contribution in [3.63, 3.8) is 0 Å². The number of halogens is 3. The number of nitrogens with two attached hydrogens (primary N) is 1. The van der Waals surface area contributed by atoms with E-state index in [4.69, 9.17) is 45.3 Å². The Kier molecular flexibility index (Phi) is 4.30. The van der Waals surface area contributed by atoms with Crippen molar-refractivity contribution in [2.75, 3.05) is 0 Å². The van der Waals surface area contributed by atoms with E-state index in [0.29, 0.717) is 33.2 Å². The highest BCUT2D eigenvalue weighted by Gasteiger charge is 2.07. The van der Waals surface area contributed by atoms with Gasteiger partial charge in [0.15, 0.2) is 0 Å². The van der Waals surface area contributed by atoms with Gasteiger partial charge in [-0.25, -0.2) is 4.98 Å². The molecule has 1 heterocycles. The van der Waals surface area contributed by atoms with Gasteiger partial charge in [-0.3, -0.25) is 0 Å².